The minimum Gasteiger partial charge on any atom is -0.478 e. The first-order valence-corrected chi connectivity index (χ1v) is 8.07. The Bertz CT molecular complexity index is 716. The summed E-state index contributed by atoms with van der Waals surface area (Å²) in [4.78, 5) is 24.8. The Kier molecular flexibility index (Phi) is 5.38. The molecule has 0 spiro atoms. The van der Waals surface area contributed by atoms with E-state index in [1.165, 1.54) is 36.0 Å². The standard InChI is InChI=1S/C16H16N2O4S.Na/c1-16(2)10(7-17)18-13(20)11(14(18)23-16)12(19)8-3-5-9(6-4-8)15(21)22;/h3-6,10-12,14,19H,1-2H3,(H,21,22);/t10-,11-,12?,14+;/m0./s1. The molecule has 4 atom stereocenters. The number of carbonyl (C=O) groups excluding carboxylic acids is 1. The Balaban J connectivity index is 0.00000208. The maximum atomic E-state index is 12.4. The first-order chi connectivity index (χ1) is 10.8. The number of β-lactam (4-membered cyclic amide) rings is 1. The van der Waals surface area contributed by atoms with Crippen molar-refractivity contribution < 1.29 is 19.8 Å². The molecule has 2 heterocycles. The van der Waals surface area contributed by atoms with Crippen LogP contribution in [-0.4, -0.2) is 72.7 Å². The molecule has 1 aromatic carbocycles. The molecule has 0 aromatic heterocycles. The van der Waals surface area contributed by atoms with E-state index in [1.807, 2.05) is 13.8 Å². The Morgan fingerprint density at radius 2 is 1.96 bits per heavy atom. The number of carboxylic acid groups (broad SMARTS) is 1. The molecule has 2 aliphatic rings. The van der Waals surface area contributed by atoms with Crippen molar-refractivity contribution in [2.24, 2.45) is 5.92 Å². The number of carbonyl (C=O) groups is 2. The Morgan fingerprint density at radius 3 is 2.46 bits per heavy atom. The third kappa shape index (κ3) is 2.87. The van der Waals surface area contributed by atoms with E-state index >= 15 is 0 Å². The molecule has 8 heteroatoms. The molecule has 1 unspecified atom stereocenters. The largest absolute Gasteiger partial charge is 0.478 e. The quantitative estimate of drug-likeness (QED) is 0.625. The minimum absolute atomic E-state index is 0. The van der Waals surface area contributed by atoms with E-state index in [1.54, 1.807) is 4.90 Å². The average Bonchev–Trinajstić information content (AvgIpc) is 2.74. The van der Waals surface area contributed by atoms with Gasteiger partial charge in [0.05, 0.1) is 29.0 Å². The molecule has 6 nitrogen and oxygen atoms in total. The number of thioether (sulfide) groups is 1. The normalized spacial score (nSPS) is 28.2. The molecule has 1 amide bonds. The first kappa shape index (κ1) is 19.3. The van der Waals surface area contributed by atoms with Gasteiger partial charge in [0.1, 0.15) is 6.04 Å². The van der Waals surface area contributed by atoms with Gasteiger partial charge in [-0.25, -0.2) is 4.79 Å². The zero-order chi connectivity index (χ0) is 16.9. The second-order valence-corrected chi connectivity index (χ2v) is 8.06. The van der Waals surface area contributed by atoms with Crippen LogP contribution in [0.2, 0.25) is 0 Å². The molecule has 1 aromatic rings. The van der Waals surface area contributed by atoms with Crippen molar-refractivity contribution in [1.29, 1.82) is 5.26 Å². The van der Waals surface area contributed by atoms with Crippen LogP contribution in [0.15, 0.2) is 24.3 Å². The fourth-order valence-electron chi connectivity index (χ4n) is 3.16. The molecule has 1 radical (unpaired) electrons. The number of hydrogen-bond donors (Lipinski definition) is 2. The van der Waals surface area contributed by atoms with Crippen molar-refractivity contribution in [2.75, 3.05) is 0 Å². The van der Waals surface area contributed by atoms with Crippen molar-refractivity contribution in [2.45, 2.75) is 36.1 Å². The maximum Gasteiger partial charge on any atom is 0.335 e. The summed E-state index contributed by atoms with van der Waals surface area (Å²) in [5, 5.41) is 28.5. The van der Waals surface area contributed by atoms with Crippen molar-refractivity contribution in [1.82, 2.24) is 4.90 Å². The summed E-state index contributed by atoms with van der Waals surface area (Å²) >= 11 is 1.52. The van der Waals surface area contributed by atoms with Gasteiger partial charge in [-0.05, 0) is 31.5 Å². The number of rotatable bonds is 3. The molecule has 0 saturated carbocycles. The molecule has 121 valence electrons. The molecule has 0 bridgehead atoms. The number of benzene rings is 1. The smallest absolute Gasteiger partial charge is 0.335 e. The number of aromatic carboxylic acids is 1. The van der Waals surface area contributed by atoms with Gasteiger partial charge in [-0.1, -0.05) is 12.1 Å². The zero-order valence-corrected chi connectivity index (χ0v) is 16.4. The number of hydrogen-bond acceptors (Lipinski definition) is 5. The summed E-state index contributed by atoms with van der Waals surface area (Å²) in [6.07, 6.45) is -1.01. The fraction of sp³-hybridized carbons (Fsp3) is 0.438. The SMILES string of the molecule is CC1(C)S[C@@H]2[C@@H](C(O)c3ccc(C(=O)O)cc3)C(=O)N2[C@H]1C#N.[Na]. The van der Waals surface area contributed by atoms with E-state index in [0.29, 0.717) is 5.56 Å². The van der Waals surface area contributed by atoms with Crippen LogP contribution >= 0.6 is 11.8 Å². The van der Waals surface area contributed by atoms with Gasteiger partial charge in [0.2, 0.25) is 5.91 Å². The average molecular weight is 355 g/mol. The van der Waals surface area contributed by atoms with E-state index in [0.717, 1.165) is 0 Å². The summed E-state index contributed by atoms with van der Waals surface area (Å²) in [6.45, 7) is 3.84. The molecule has 2 saturated heterocycles. The zero-order valence-electron chi connectivity index (χ0n) is 13.6. The summed E-state index contributed by atoms with van der Waals surface area (Å²) in [5.41, 5.74) is 0.634. The molecule has 2 N–H and O–H groups in total. The van der Waals surface area contributed by atoms with E-state index in [2.05, 4.69) is 6.07 Å². The second-order valence-electron chi connectivity index (χ2n) is 6.29. The molecule has 2 fully saturated rings. The monoisotopic (exact) mass is 355 g/mol. The summed E-state index contributed by atoms with van der Waals surface area (Å²) < 4.78 is -0.378. The molecule has 24 heavy (non-hydrogen) atoms. The topological polar surface area (TPSA) is 102 Å². The van der Waals surface area contributed by atoms with Gasteiger partial charge >= 0.3 is 5.97 Å². The molecule has 2 aliphatic heterocycles. The van der Waals surface area contributed by atoms with Crippen molar-refractivity contribution in [3.63, 3.8) is 0 Å². The Morgan fingerprint density at radius 1 is 1.38 bits per heavy atom. The summed E-state index contributed by atoms with van der Waals surface area (Å²) in [6, 6.07) is 7.54. The van der Waals surface area contributed by atoms with Crippen LogP contribution < -0.4 is 0 Å². The predicted molar refractivity (Wildman–Crippen MR) is 89.3 cm³/mol. The molecular weight excluding hydrogens is 339 g/mol. The van der Waals surface area contributed by atoms with E-state index < -0.39 is 24.0 Å². The second kappa shape index (κ2) is 6.70. The van der Waals surface area contributed by atoms with Gasteiger partial charge in [0.25, 0.3) is 0 Å². The number of amides is 1. The molecule has 0 aliphatic carbocycles. The number of aliphatic hydroxyl groups is 1. The van der Waals surface area contributed by atoms with Crippen LogP contribution in [0.1, 0.15) is 35.9 Å². The van der Waals surface area contributed by atoms with Crippen molar-refractivity contribution >= 4 is 53.2 Å². The van der Waals surface area contributed by atoms with E-state index in [9.17, 15) is 20.0 Å². The third-order valence-corrected chi connectivity index (χ3v) is 6.04. The van der Waals surface area contributed by atoms with Crippen LogP contribution in [0.5, 0.6) is 0 Å². The van der Waals surface area contributed by atoms with Crippen LogP contribution in [0.3, 0.4) is 0 Å². The minimum atomic E-state index is -1.04. The number of aliphatic hydroxyl groups excluding tert-OH is 1. The number of fused-ring (bicyclic) bond motifs is 1. The van der Waals surface area contributed by atoms with Crippen LogP contribution in [-0.2, 0) is 4.79 Å². The van der Waals surface area contributed by atoms with Crippen LogP contribution in [0.4, 0.5) is 0 Å². The van der Waals surface area contributed by atoms with Crippen LogP contribution in [0.25, 0.3) is 0 Å². The van der Waals surface area contributed by atoms with Gasteiger partial charge in [0, 0.05) is 34.3 Å². The fourth-order valence-corrected chi connectivity index (χ4v) is 4.83. The van der Waals surface area contributed by atoms with Gasteiger partial charge < -0.3 is 15.1 Å². The maximum absolute atomic E-state index is 12.4. The first-order valence-electron chi connectivity index (χ1n) is 7.19. The van der Waals surface area contributed by atoms with Gasteiger partial charge in [-0.3, -0.25) is 4.79 Å². The molecular formula is C16H16N2NaO4S. The van der Waals surface area contributed by atoms with Gasteiger partial charge in [-0.2, -0.15) is 5.26 Å². The number of carboxylic acids is 1. The van der Waals surface area contributed by atoms with E-state index in [-0.39, 0.29) is 51.1 Å². The molecule has 3 rings (SSSR count). The van der Waals surface area contributed by atoms with Crippen molar-refractivity contribution in [3.05, 3.63) is 35.4 Å². The van der Waals surface area contributed by atoms with Gasteiger partial charge in [-0.15, -0.1) is 11.8 Å². The number of nitriles is 1. The van der Waals surface area contributed by atoms with Crippen LogP contribution in [0, 0.1) is 17.2 Å². The van der Waals surface area contributed by atoms with E-state index in [4.69, 9.17) is 5.11 Å². The van der Waals surface area contributed by atoms with Gasteiger partial charge in [0.15, 0.2) is 0 Å². The summed E-state index contributed by atoms with van der Waals surface area (Å²) in [7, 11) is 0. The number of nitrogens with zero attached hydrogens (tertiary/aromatic N) is 2. The third-order valence-electron chi connectivity index (χ3n) is 4.44. The Hall–Kier alpha value is -1.04. The summed E-state index contributed by atoms with van der Waals surface area (Å²) in [5.74, 6) is -1.87. The predicted octanol–water partition coefficient (Wildman–Crippen LogP) is 1.24. The Labute approximate surface area is 166 Å². The van der Waals surface area contributed by atoms with Crippen molar-refractivity contribution in [3.8, 4) is 6.07 Å².